The summed E-state index contributed by atoms with van der Waals surface area (Å²) < 4.78 is 0. The highest BCUT2D eigenvalue weighted by Crippen LogP contribution is 2.61. The number of hydrogen-bond donors (Lipinski definition) is 2. The smallest absolute Gasteiger partial charge is 0.142 e. The van der Waals surface area contributed by atoms with Crippen molar-refractivity contribution in [1.29, 1.82) is 0 Å². The first kappa shape index (κ1) is 18.0. The molecule has 0 aromatic heterocycles. The van der Waals surface area contributed by atoms with E-state index in [0.29, 0.717) is 12.2 Å². The topological polar surface area (TPSA) is 57.5 Å². The summed E-state index contributed by atoms with van der Waals surface area (Å²) in [5.74, 6) is 7.06. The van der Waals surface area contributed by atoms with Gasteiger partial charge in [-0.1, -0.05) is 45.0 Å². The Morgan fingerprint density at radius 2 is 1.92 bits per heavy atom. The summed E-state index contributed by atoms with van der Waals surface area (Å²) in [7, 11) is 0. The fourth-order valence-electron chi connectivity index (χ4n) is 5.66. The molecule has 3 aliphatic carbocycles. The Kier molecular flexibility index (Phi) is 5.37. The Labute approximate surface area is 146 Å². The van der Waals surface area contributed by atoms with Crippen molar-refractivity contribution in [3.63, 3.8) is 0 Å². The van der Waals surface area contributed by atoms with Crippen LogP contribution < -0.4 is 0 Å². The van der Waals surface area contributed by atoms with Gasteiger partial charge < -0.3 is 10.2 Å². The lowest BCUT2D eigenvalue weighted by Gasteiger charge is -2.59. The molecule has 3 nitrogen and oxygen atoms in total. The SMILES string of the molecule is CCC1C(=O)[C@@]2(CC)CC[C@@H](O)[C@H](C#C[C@@H](O)C3CCCCC3)[C@@H]12. The van der Waals surface area contributed by atoms with E-state index in [-0.39, 0.29) is 29.1 Å². The van der Waals surface area contributed by atoms with Crippen LogP contribution in [0, 0.1) is 40.9 Å². The summed E-state index contributed by atoms with van der Waals surface area (Å²) >= 11 is 0. The van der Waals surface area contributed by atoms with Gasteiger partial charge in [-0.25, -0.2) is 0 Å². The molecule has 2 N–H and O–H groups in total. The van der Waals surface area contributed by atoms with E-state index < -0.39 is 12.2 Å². The molecule has 1 unspecified atom stereocenters. The highest BCUT2D eigenvalue weighted by Gasteiger charge is 2.64. The van der Waals surface area contributed by atoms with Crippen molar-refractivity contribution in [3.8, 4) is 11.8 Å². The zero-order valence-electron chi connectivity index (χ0n) is 15.1. The minimum absolute atomic E-state index is 0.0472. The van der Waals surface area contributed by atoms with E-state index >= 15 is 0 Å². The van der Waals surface area contributed by atoms with Crippen LogP contribution in [0.2, 0.25) is 0 Å². The fraction of sp³-hybridized carbons (Fsp3) is 0.857. The summed E-state index contributed by atoms with van der Waals surface area (Å²) in [6, 6.07) is 0. The predicted octanol–water partition coefficient (Wildman–Crippen LogP) is 3.32. The highest BCUT2D eigenvalue weighted by molar-refractivity contribution is 5.94. The molecule has 0 radical (unpaired) electrons. The number of carbonyl (C=O) groups excluding carboxylic acids is 1. The first-order valence-electron chi connectivity index (χ1n) is 9.96. The lowest BCUT2D eigenvalue weighted by molar-refractivity contribution is -0.176. The van der Waals surface area contributed by atoms with Crippen LogP contribution in [0.5, 0.6) is 0 Å². The maximum Gasteiger partial charge on any atom is 0.142 e. The van der Waals surface area contributed by atoms with Crippen molar-refractivity contribution in [2.45, 2.75) is 83.8 Å². The monoisotopic (exact) mass is 332 g/mol. The van der Waals surface area contributed by atoms with E-state index in [9.17, 15) is 15.0 Å². The van der Waals surface area contributed by atoms with Crippen molar-refractivity contribution in [3.05, 3.63) is 0 Å². The largest absolute Gasteiger partial charge is 0.392 e. The molecule has 0 heterocycles. The van der Waals surface area contributed by atoms with Crippen LogP contribution >= 0.6 is 0 Å². The van der Waals surface area contributed by atoms with Gasteiger partial charge in [0.25, 0.3) is 0 Å². The summed E-state index contributed by atoms with van der Waals surface area (Å²) in [6.07, 6.45) is 7.85. The molecule has 134 valence electrons. The predicted molar refractivity (Wildman–Crippen MR) is 94.1 cm³/mol. The first-order chi connectivity index (χ1) is 11.5. The van der Waals surface area contributed by atoms with Crippen LogP contribution in [0.15, 0.2) is 0 Å². The minimum Gasteiger partial charge on any atom is -0.392 e. The third-order valence-electron chi connectivity index (χ3n) is 7.15. The molecule has 0 amide bonds. The normalized spacial score (nSPS) is 40.9. The van der Waals surface area contributed by atoms with Crippen LogP contribution in [0.3, 0.4) is 0 Å². The highest BCUT2D eigenvalue weighted by atomic mass is 16.3. The van der Waals surface area contributed by atoms with Crippen LogP contribution in [0.1, 0.15) is 71.6 Å². The van der Waals surface area contributed by atoms with Crippen LogP contribution in [-0.2, 0) is 4.79 Å². The molecule has 3 rings (SSSR count). The summed E-state index contributed by atoms with van der Waals surface area (Å²) in [4.78, 5) is 12.6. The second-order valence-corrected chi connectivity index (χ2v) is 8.18. The molecule has 0 aromatic rings. The number of ketones is 1. The fourth-order valence-corrected chi connectivity index (χ4v) is 5.66. The van der Waals surface area contributed by atoms with Gasteiger partial charge in [-0.3, -0.25) is 4.79 Å². The molecule has 0 bridgehead atoms. The van der Waals surface area contributed by atoms with Gasteiger partial charge in [0.1, 0.15) is 11.9 Å². The third kappa shape index (κ3) is 2.82. The van der Waals surface area contributed by atoms with Gasteiger partial charge in [-0.05, 0) is 50.4 Å². The number of carbonyl (C=O) groups is 1. The quantitative estimate of drug-likeness (QED) is 0.780. The second-order valence-electron chi connectivity index (χ2n) is 8.18. The van der Waals surface area contributed by atoms with Gasteiger partial charge in [0.05, 0.1) is 12.0 Å². The van der Waals surface area contributed by atoms with Crippen molar-refractivity contribution in [1.82, 2.24) is 0 Å². The van der Waals surface area contributed by atoms with E-state index in [0.717, 1.165) is 32.1 Å². The van der Waals surface area contributed by atoms with Crippen molar-refractivity contribution >= 4 is 5.78 Å². The molecule has 6 atom stereocenters. The molecule has 24 heavy (non-hydrogen) atoms. The van der Waals surface area contributed by atoms with Gasteiger partial charge in [0, 0.05) is 11.3 Å². The molecule has 3 saturated carbocycles. The molecular weight excluding hydrogens is 300 g/mol. The van der Waals surface area contributed by atoms with E-state index in [2.05, 4.69) is 25.7 Å². The van der Waals surface area contributed by atoms with E-state index in [1.54, 1.807) is 0 Å². The summed E-state index contributed by atoms with van der Waals surface area (Å²) in [5, 5.41) is 21.0. The van der Waals surface area contributed by atoms with Crippen molar-refractivity contribution < 1.29 is 15.0 Å². The number of hydrogen-bond acceptors (Lipinski definition) is 3. The minimum atomic E-state index is -0.577. The molecule has 0 saturated heterocycles. The molecular formula is C21H32O3. The maximum absolute atomic E-state index is 12.6. The number of aliphatic hydroxyl groups excluding tert-OH is 2. The van der Waals surface area contributed by atoms with Crippen LogP contribution in [0.25, 0.3) is 0 Å². The Balaban J connectivity index is 1.78. The Hall–Kier alpha value is -0.850. The van der Waals surface area contributed by atoms with Gasteiger partial charge in [0.2, 0.25) is 0 Å². The van der Waals surface area contributed by atoms with Gasteiger partial charge in [-0.2, -0.15) is 0 Å². The Bertz CT molecular complexity index is 525. The molecule has 3 fully saturated rings. The maximum atomic E-state index is 12.6. The summed E-state index contributed by atoms with van der Waals surface area (Å²) in [5.41, 5.74) is -0.255. The zero-order chi connectivity index (χ0) is 17.3. The number of fused-ring (bicyclic) bond motifs is 1. The van der Waals surface area contributed by atoms with Crippen LogP contribution in [0.4, 0.5) is 0 Å². The zero-order valence-corrected chi connectivity index (χ0v) is 15.1. The summed E-state index contributed by atoms with van der Waals surface area (Å²) in [6.45, 7) is 4.15. The third-order valence-corrected chi connectivity index (χ3v) is 7.15. The molecule has 0 aliphatic heterocycles. The standard InChI is InChI=1S/C21H32O3/c1-3-15-19-16(10-11-17(22)14-8-6-5-7-9-14)18(23)12-13-21(19,4-2)20(15)24/h14-19,22-23H,3-9,12-13H2,1-2H3/t15?,16-,17+,18+,19+,21-/m0/s1. The van der Waals surface area contributed by atoms with Crippen molar-refractivity contribution in [2.24, 2.45) is 29.1 Å². The van der Waals surface area contributed by atoms with Crippen molar-refractivity contribution in [2.75, 3.05) is 0 Å². The Morgan fingerprint density at radius 3 is 2.54 bits per heavy atom. The van der Waals surface area contributed by atoms with Crippen LogP contribution in [-0.4, -0.2) is 28.2 Å². The lowest BCUT2D eigenvalue weighted by Crippen LogP contribution is -2.64. The lowest BCUT2D eigenvalue weighted by atomic mass is 9.43. The molecule has 3 heteroatoms. The van der Waals surface area contributed by atoms with Gasteiger partial charge >= 0.3 is 0 Å². The van der Waals surface area contributed by atoms with E-state index in [4.69, 9.17) is 0 Å². The molecule has 0 spiro atoms. The average Bonchev–Trinajstić information content (AvgIpc) is 2.62. The van der Waals surface area contributed by atoms with E-state index in [1.165, 1.54) is 19.3 Å². The van der Waals surface area contributed by atoms with E-state index in [1.807, 2.05) is 0 Å². The van der Waals surface area contributed by atoms with Gasteiger partial charge in [-0.15, -0.1) is 0 Å². The Morgan fingerprint density at radius 1 is 1.21 bits per heavy atom. The van der Waals surface area contributed by atoms with Gasteiger partial charge in [0.15, 0.2) is 0 Å². The average molecular weight is 332 g/mol. The number of aliphatic hydroxyl groups is 2. The second kappa shape index (κ2) is 7.18. The number of rotatable bonds is 3. The molecule has 0 aromatic carbocycles. The number of Topliss-reactive ketones (excluding diaryl/α,β-unsaturated/α-hetero) is 1. The molecule has 3 aliphatic rings. The first-order valence-corrected chi connectivity index (χ1v) is 9.96.